The predicted octanol–water partition coefficient (Wildman–Crippen LogP) is 2.99. The maximum absolute atomic E-state index is 14.3. The van der Waals surface area contributed by atoms with Crippen LogP contribution in [0.15, 0.2) is 53.0 Å². The van der Waals surface area contributed by atoms with E-state index in [0.29, 0.717) is 22.3 Å². The number of aromatic hydroxyl groups is 1. The summed E-state index contributed by atoms with van der Waals surface area (Å²) in [6.07, 6.45) is -0.00747. The summed E-state index contributed by atoms with van der Waals surface area (Å²) < 4.78 is 0. The van der Waals surface area contributed by atoms with Crippen LogP contribution in [0.3, 0.4) is 0 Å². The first-order valence-corrected chi connectivity index (χ1v) is 13.7. The first kappa shape index (κ1) is 29.9. The quantitative estimate of drug-likeness (QED) is 0.200. The second-order valence-corrected chi connectivity index (χ2v) is 12.7. The molecular weight excluding hydrogens is 558 g/mol. The molecule has 5 rings (SSSR count). The largest absolute Gasteiger partial charge is 0.510 e. The van der Waals surface area contributed by atoms with Gasteiger partial charge in [-0.05, 0) is 61.0 Å². The topological polar surface area (TPSA) is 205 Å². The second kappa shape index (κ2) is 9.75. The molecule has 0 heterocycles. The average Bonchev–Trinajstić information content (AvgIpc) is 2.89. The number of non-ortho nitro benzene ring substituents is 1. The van der Waals surface area contributed by atoms with Crippen molar-refractivity contribution in [2.75, 3.05) is 14.1 Å². The standard InChI is InChI=1S/C31H33N3O9/c1-30(2,3)19-12-16(13-7-6-8-15(9-13)34(42)43)17-10-14-11-18-23(33(4)5)26(37)22(29(32)40)28(39)31(18,41)27(38)20(14)25(36)21(17)24(19)35/h6-9,12,14,18,23,35,37-38,41H,10-11H2,1-5H3,(H2,32,40). The Morgan fingerprint density at radius 2 is 1.79 bits per heavy atom. The maximum atomic E-state index is 14.3. The van der Waals surface area contributed by atoms with Crippen LogP contribution in [-0.2, 0) is 21.4 Å². The number of hydrogen-bond acceptors (Lipinski definition) is 10. The van der Waals surface area contributed by atoms with E-state index in [0.717, 1.165) is 0 Å². The highest BCUT2D eigenvalue weighted by Crippen LogP contribution is 2.54. The summed E-state index contributed by atoms with van der Waals surface area (Å²) in [5.74, 6) is -7.31. The number of carbonyl (C=O) groups excluding carboxylic acids is 3. The van der Waals surface area contributed by atoms with Gasteiger partial charge in [0.05, 0.1) is 16.5 Å². The fourth-order valence-electron chi connectivity index (χ4n) is 6.93. The summed E-state index contributed by atoms with van der Waals surface area (Å²) in [5, 5.41) is 57.4. The fourth-order valence-corrected chi connectivity index (χ4v) is 6.93. The lowest BCUT2D eigenvalue weighted by atomic mass is 9.58. The Bertz CT molecular complexity index is 1700. The van der Waals surface area contributed by atoms with Gasteiger partial charge < -0.3 is 26.2 Å². The van der Waals surface area contributed by atoms with Crippen molar-refractivity contribution in [1.29, 1.82) is 0 Å². The molecule has 226 valence electrons. The number of aliphatic hydroxyl groups excluding tert-OH is 2. The summed E-state index contributed by atoms with van der Waals surface area (Å²) in [5.41, 5.74) is 2.19. The number of fused-ring (bicyclic) bond motifs is 3. The smallest absolute Gasteiger partial charge is 0.270 e. The minimum atomic E-state index is -2.75. The van der Waals surface area contributed by atoms with Crippen LogP contribution in [0.25, 0.3) is 11.1 Å². The van der Waals surface area contributed by atoms with Crippen LogP contribution in [-0.4, -0.2) is 73.5 Å². The van der Waals surface area contributed by atoms with Gasteiger partial charge >= 0.3 is 0 Å². The number of Topliss-reactive ketones (excluding diaryl/α,β-unsaturated/α-hetero) is 2. The van der Waals surface area contributed by atoms with Gasteiger partial charge in [-0.25, -0.2) is 0 Å². The zero-order valence-corrected chi connectivity index (χ0v) is 24.3. The summed E-state index contributed by atoms with van der Waals surface area (Å²) in [6, 6.07) is 6.49. The van der Waals surface area contributed by atoms with Crippen molar-refractivity contribution in [2.45, 2.75) is 50.7 Å². The van der Waals surface area contributed by atoms with Gasteiger partial charge in [0.1, 0.15) is 22.8 Å². The number of nitrogens with zero attached hydrogens (tertiary/aromatic N) is 2. The molecule has 0 saturated heterocycles. The monoisotopic (exact) mass is 591 g/mol. The number of carbonyl (C=O) groups is 3. The number of likely N-dealkylation sites (N-methyl/N-ethyl adjacent to an activating group) is 1. The molecule has 1 amide bonds. The molecule has 4 atom stereocenters. The normalized spacial score (nSPS) is 25.4. The summed E-state index contributed by atoms with van der Waals surface area (Å²) in [6.45, 7) is 5.45. The van der Waals surface area contributed by atoms with Crippen LogP contribution < -0.4 is 5.73 Å². The Kier molecular flexibility index (Phi) is 6.78. The summed E-state index contributed by atoms with van der Waals surface area (Å²) >= 11 is 0. The van der Waals surface area contributed by atoms with Crippen molar-refractivity contribution >= 4 is 23.2 Å². The molecule has 0 bridgehead atoms. The number of ketones is 2. The molecule has 6 N–H and O–H groups in total. The van der Waals surface area contributed by atoms with E-state index < -0.39 is 68.4 Å². The minimum Gasteiger partial charge on any atom is -0.510 e. The molecule has 0 aliphatic heterocycles. The van der Waals surface area contributed by atoms with Gasteiger partial charge in [-0.15, -0.1) is 0 Å². The van der Waals surface area contributed by atoms with Gasteiger partial charge in [-0.3, -0.25) is 29.4 Å². The van der Waals surface area contributed by atoms with Crippen molar-refractivity contribution in [3.05, 3.63) is 79.8 Å². The Labute approximate surface area is 246 Å². The van der Waals surface area contributed by atoms with E-state index in [1.165, 1.54) is 23.1 Å². The summed E-state index contributed by atoms with van der Waals surface area (Å²) in [4.78, 5) is 52.5. The number of hydrogen-bond donors (Lipinski definition) is 5. The minimum absolute atomic E-state index is 0.0601. The van der Waals surface area contributed by atoms with E-state index in [9.17, 15) is 44.9 Å². The second-order valence-electron chi connectivity index (χ2n) is 12.7. The lowest BCUT2D eigenvalue weighted by molar-refractivity contribution is -0.384. The fraction of sp³-hybridized carbons (Fsp3) is 0.387. The number of rotatable bonds is 4. The molecule has 0 fully saturated rings. The van der Waals surface area contributed by atoms with Crippen LogP contribution >= 0.6 is 0 Å². The van der Waals surface area contributed by atoms with E-state index in [1.807, 2.05) is 20.8 Å². The highest BCUT2D eigenvalue weighted by molar-refractivity contribution is 6.25. The molecule has 2 aromatic carbocycles. The van der Waals surface area contributed by atoms with E-state index in [2.05, 4.69) is 0 Å². The molecule has 3 aliphatic rings. The number of nitro groups is 1. The number of allylic oxidation sites excluding steroid dienone is 1. The number of amides is 1. The Hall–Kier alpha value is -4.55. The number of nitrogens with two attached hydrogens (primary N) is 1. The predicted molar refractivity (Wildman–Crippen MR) is 154 cm³/mol. The highest BCUT2D eigenvalue weighted by atomic mass is 16.6. The van der Waals surface area contributed by atoms with Gasteiger partial charge in [0.15, 0.2) is 11.4 Å². The lowest BCUT2D eigenvalue weighted by Gasteiger charge is -2.50. The van der Waals surface area contributed by atoms with Crippen LogP contribution in [0.2, 0.25) is 0 Å². The van der Waals surface area contributed by atoms with E-state index >= 15 is 0 Å². The SMILES string of the molecule is CN(C)C1C(O)=C(C(N)=O)C(=O)C2(O)C(O)=C3C(=O)c4c(O)c(C(C)(C)C)cc(-c5cccc([N+](=O)[O-])c5)c4CC3CC12. The third-order valence-corrected chi connectivity index (χ3v) is 8.90. The Morgan fingerprint density at radius 1 is 1.14 bits per heavy atom. The molecule has 0 spiro atoms. The van der Waals surface area contributed by atoms with Gasteiger partial charge in [-0.1, -0.05) is 32.9 Å². The van der Waals surface area contributed by atoms with Crippen molar-refractivity contribution in [3.8, 4) is 16.9 Å². The number of nitro benzene ring substituents is 1. The molecule has 0 saturated carbocycles. The third-order valence-electron chi connectivity index (χ3n) is 8.90. The molecular formula is C31H33N3O9. The third kappa shape index (κ3) is 4.23. The summed E-state index contributed by atoms with van der Waals surface area (Å²) in [7, 11) is 3.11. The van der Waals surface area contributed by atoms with Crippen molar-refractivity contribution < 1.29 is 39.7 Å². The number of phenolic OH excluding ortho intramolecular Hbond substituents is 1. The Balaban J connectivity index is 1.80. The molecule has 4 unspecified atom stereocenters. The first-order valence-electron chi connectivity index (χ1n) is 13.7. The zero-order valence-electron chi connectivity index (χ0n) is 24.3. The van der Waals surface area contributed by atoms with E-state index in [1.54, 1.807) is 26.2 Å². The van der Waals surface area contributed by atoms with Gasteiger partial charge in [0.2, 0.25) is 5.78 Å². The number of primary amides is 1. The average molecular weight is 592 g/mol. The molecule has 0 radical (unpaired) electrons. The van der Waals surface area contributed by atoms with Crippen molar-refractivity contribution in [1.82, 2.24) is 4.90 Å². The van der Waals surface area contributed by atoms with Crippen LogP contribution in [0.4, 0.5) is 5.69 Å². The maximum Gasteiger partial charge on any atom is 0.270 e. The van der Waals surface area contributed by atoms with Crippen LogP contribution in [0, 0.1) is 22.0 Å². The van der Waals surface area contributed by atoms with Crippen LogP contribution in [0.5, 0.6) is 5.75 Å². The molecule has 0 aromatic heterocycles. The molecule has 2 aromatic rings. The number of benzene rings is 2. The van der Waals surface area contributed by atoms with Gasteiger partial charge in [0.25, 0.3) is 11.6 Å². The highest BCUT2D eigenvalue weighted by Gasteiger charge is 2.63. The van der Waals surface area contributed by atoms with Crippen molar-refractivity contribution in [2.24, 2.45) is 17.6 Å². The van der Waals surface area contributed by atoms with Gasteiger partial charge in [-0.2, -0.15) is 0 Å². The van der Waals surface area contributed by atoms with Gasteiger partial charge in [0, 0.05) is 29.2 Å². The molecule has 3 aliphatic carbocycles. The first-order chi connectivity index (χ1) is 19.9. The van der Waals surface area contributed by atoms with E-state index in [4.69, 9.17) is 5.73 Å². The van der Waals surface area contributed by atoms with E-state index in [-0.39, 0.29) is 35.4 Å². The molecule has 43 heavy (non-hydrogen) atoms. The molecule has 12 heteroatoms. The lowest BCUT2D eigenvalue weighted by Crippen LogP contribution is -2.63. The number of aliphatic hydroxyl groups is 3. The Morgan fingerprint density at radius 3 is 2.35 bits per heavy atom. The van der Waals surface area contributed by atoms with Crippen LogP contribution in [0.1, 0.15) is 48.7 Å². The van der Waals surface area contributed by atoms with Crippen molar-refractivity contribution in [3.63, 3.8) is 0 Å². The molecule has 12 nitrogen and oxygen atoms in total. The number of phenols is 1. The zero-order chi connectivity index (χ0) is 31.9.